The van der Waals surface area contributed by atoms with E-state index in [9.17, 15) is 4.79 Å². The van der Waals surface area contributed by atoms with E-state index in [1.807, 2.05) is 24.3 Å². The van der Waals surface area contributed by atoms with Gasteiger partial charge in [-0.05, 0) is 43.9 Å². The van der Waals surface area contributed by atoms with Crippen LogP contribution in [0.3, 0.4) is 0 Å². The van der Waals surface area contributed by atoms with E-state index in [1.165, 1.54) is 24.8 Å². The molecule has 3 N–H and O–H groups in total. The molecule has 4 heteroatoms. The highest BCUT2D eigenvalue weighted by Crippen LogP contribution is 2.31. The van der Waals surface area contributed by atoms with Crippen molar-refractivity contribution < 1.29 is 9.53 Å². The summed E-state index contributed by atoms with van der Waals surface area (Å²) in [4.78, 5) is 10.6. The Hall–Kier alpha value is -1.55. The molecule has 1 aliphatic carbocycles. The first-order chi connectivity index (χ1) is 8.57. The zero-order valence-electron chi connectivity index (χ0n) is 10.7. The molecule has 4 nitrogen and oxygen atoms in total. The quantitative estimate of drug-likeness (QED) is 0.803. The lowest BCUT2D eigenvalue weighted by atomic mass is 9.78. The van der Waals surface area contributed by atoms with E-state index in [1.54, 1.807) is 0 Å². The first-order valence-corrected chi connectivity index (χ1v) is 6.32. The zero-order chi connectivity index (χ0) is 13.0. The Kier molecular flexibility index (Phi) is 3.87. The normalized spacial score (nSPS) is 16.9. The second-order valence-corrected chi connectivity index (χ2v) is 5.17. The van der Waals surface area contributed by atoms with Gasteiger partial charge in [-0.3, -0.25) is 4.79 Å². The van der Waals surface area contributed by atoms with Crippen LogP contribution in [0.5, 0.6) is 5.75 Å². The summed E-state index contributed by atoms with van der Waals surface area (Å²) in [5.74, 6) is 0.214. The average molecular weight is 248 g/mol. The van der Waals surface area contributed by atoms with Gasteiger partial charge in [0.25, 0.3) is 5.91 Å². The van der Waals surface area contributed by atoms with E-state index < -0.39 is 5.91 Å². The van der Waals surface area contributed by atoms with Crippen molar-refractivity contribution in [1.29, 1.82) is 0 Å². The molecule has 98 valence electrons. The molecule has 1 saturated carbocycles. The van der Waals surface area contributed by atoms with Crippen molar-refractivity contribution in [1.82, 2.24) is 5.32 Å². The molecule has 0 atom stereocenters. The van der Waals surface area contributed by atoms with Gasteiger partial charge in [0, 0.05) is 12.1 Å². The van der Waals surface area contributed by atoms with Gasteiger partial charge in [-0.15, -0.1) is 0 Å². The van der Waals surface area contributed by atoms with Crippen LogP contribution in [-0.2, 0) is 11.3 Å². The third-order valence-corrected chi connectivity index (χ3v) is 3.48. The van der Waals surface area contributed by atoms with Crippen LogP contribution < -0.4 is 15.8 Å². The number of hydrogen-bond acceptors (Lipinski definition) is 3. The highest BCUT2D eigenvalue weighted by molar-refractivity contribution is 5.75. The summed E-state index contributed by atoms with van der Waals surface area (Å²) in [6.45, 7) is 3.06. The van der Waals surface area contributed by atoms with Gasteiger partial charge in [-0.25, -0.2) is 0 Å². The van der Waals surface area contributed by atoms with Gasteiger partial charge in [0.1, 0.15) is 5.75 Å². The maximum absolute atomic E-state index is 10.6. The molecule has 18 heavy (non-hydrogen) atoms. The first kappa shape index (κ1) is 12.9. The number of amides is 1. The number of benzene rings is 1. The topological polar surface area (TPSA) is 64.3 Å². The molecule has 0 aromatic heterocycles. The van der Waals surface area contributed by atoms with Crippen LogP contribution in [0.1, 0.15) is 31.7 Å². The van der Waals surface area contributed by atoms with E-state index in [2.05, 4.69) is 12.2 Å². The van der Waals surface area contributed by atoms with Crippen molar-refractivity contribution in [3.63, 3.8) is 0 Å². The van der Waals surface area contributed by atoms with Gasteiger partial charge in [-0.1, -0.05) is 12.1 Å². The number of primary amides is 1. The molecule has 0 unspecified atom stereocenters. The van der Waals surface area contributed by atoms with E-state index in [0.29, 0.717) is 11.3 Å². The first-order valence-electron chi connectivity index (χ1n) is 6.32. The van der Waals surface area contributed by atoms with Gasteiger partial charge < -0.3 is 15.8 Å². The van der Waals surface area contributed by atoms with E-state index in [-0.39, 0.29) is 6.61 Å². The molecular formula is C14H20N2O2. The molecule has 0 bridgehead atoms. The minimum absolute atomic E-state index is 0.0737. The zero-order valence-corrected chi connectivity index (χ0v) is 10.7. The molecule has 2 rings (SSSR count). The standard InChI is InChI=1S/C14H20N2O2/c1-14(7-2-8-14)16-9-11-3-5-12(6-4-11)18-10-13(15)17/h3-6,16H,2,7-10H2,1H3,(H2,15,17). The largest absolute Gasteiger partial charge is 0.484 e. The maximum atomic E-state index is 10.6. The lowest BCUT2D eigenvalue weighted by Gasteiger charge is -2.39. The highest BCUT2D eigenvalue weighted by Gasteiger charge is 2.30. The number of carbonyl (C=O) groups is 1. The van der Waals surface area contributed by atoms with Crippen LogP contribution in [0, 0.1) is 0 Å². The fraction of sp³-hybridized carbons (Fsp3) is 0.500. The number of hydrogen-bond donors (Lipinski definition) is 2. The summed E-state index contributed by atoms with van der Waals surface area (Å²) in [5, 5.41) is 3.57. The molecular weight excluding hydrogens is 228 g/mol. The SMILES string of the molecule is CC1(NCc2ccc(OCC(N)=O)cc2)CCC1. The molecule has 1 aromatic carbocycles. The summed E-state index contributed by atoms with van der Waals surface area (Å²) in [6, 6.07) is 7.74. The van der Waals surface area contributed by atoms with Crippen LogP contribution in [0.2, 0.25) is 0 Å². The minimum atomic E-state index is -0.460. The number of carbonyl (C=O) groups excluding carboxylic acids is 1. The van der Waals surface area contributed by atoms with Crippen LogP contribution in [0.15, 0.2) is 24.3 Å². The lowest BCUT2D eigenvalue weighted by Crippen LogP contribution is -2.47. The van der Waals surface area contributed by atoms with Crippen LogP contribution in [-0.4, -0.2) is 18.1 Å². The Labute approximate surface area is 108 Å². The summed E-state index contributed by atoms with van der Waals surface area (Å²) in [5.41, 5.74) is 6.55. The van der Waals surface area contributed by atoms with Crippen LogP contribution in [0.25, 0.3) is 0 Å². The van der Waals surface area contributed by atoms with Gasteiger partial charge >= 0.3 is 0 Å². The predicted molar refractivity (Wildman–Crippen MR) is 70.2 cm³/mol. The molecule has 0 radical (unpaired) electrons. The van der Waals surface area contributed by atoms with Gasteiger partial charge in [-0.2, -0.15) is 0 Å². The summed E-state index contributed by atoms with van der Waals surface area (Å²) in [6.07, 6.45) is 3.84. The van der Waals surface area contributed by atoms with Crippen molar-refractivity contribution in [2.24, 2.45) is 5.73 Å². The van der Waals surface area contributed by atoms with Gasteiger partial charge in [0.2, 0.25) is 0 Å². The van der Waals surface area contributed by atoms with Crippen LogP contribution >= 0.6 is 0 Å². The van der Waals surface area contributed by atoms with Crippen molar-refractivity contribution in [2.45, 2.75) is 38.3 Å². The van der Waals surface area contributed by atoms with Crippen LogP contribution in [0.4, 0.5) is 0 Å². The molecule has 1 aromatic rings. The maximum Gasteiger partial charge on any atom is 0.255 e. The number of rotatable bonds is 6. The fourth-order valence-electron chi connectivity index (χ4n) is 2.06. The van der Waals surface area contributed by atoms with Crippen molar-refractivity contribution >= 4 is 5.91 Å². The Bertz CT molecular complexity index is 410. The number of nitrogens with two attached hydrogens (primary N) is 1. The van der Waals surface area contributed by atoms with Crippen molar-refractivity contribution in [2.75, 3.05) is 6.61 Å². The van der Waals surface area contributed by atoms with E-state index >= 15 is 0 Å². The molecule has 0 spiro atoms. The second kappa shape index (κ2) is 5.40. The highest BCUT2D eigenvalue weighted by atomic mass is 16.5. The Morgan fingerprint density at radius 1 is 1.39 bits per heavy atom. The molecule has 0 saturated heterocycles. The van der Waals surface area contributed by atoms with Gasteiger partial charge in [0.05, 0.1) is 0 Å². The molecule has 0 aliphatic heterocycles. The Morgan fingerprint density at radius 2 is 2.06 bits per heavy atom. The Balaban J connectivity index is 1.81. The number of ether oxygens (including phenoxy) is 1. The van der Waals surface area contributed by atoms with Crippen molar-refractivity contribution in [3.8, 4) is 5.75 Å². The summed E-state index contributed by atoms with van der Waals surface area (Å²) >= 11 is 0. The minimum Gasteiger partial charge on any atom is -0.484 e. The summed E-state index contributed by atoms with van der Waals surface area (Å²) < 4.78 is 5.21. The predicted octanol–water partition coefficient (Wildman–Crippen LogP) is 1.58. The lowest BCUT2D eigenvalue weighted by molar-refractivity contribution is -0.119. The average Bonchev–Trinajstić information content (AvgIpc) is 2.33. The van der Waals surface area contributed by atoms with E-state index in [0.717, 1.165) is 6.54 Å². The molecule has 1 aliphatic rings. The van der Waals surface area contributed by atoms with Gasteiger partial charge in [0.15, 0.2) is 6.61 Å². The summed E-state index contributed by atoms with van der Waals surface area (Å²) in [7, 11) is 0. The monoisotopic (exact) mass is 248 g/mol. The third-order valence-electron chi connectivity index (χ3n) is 3.48. The second-order valence-electron chi connectivity index (χ2n) is 5.17. The molecule has 1 fully saturated rings. The fourth-order valence-corrected chi connectivity index (χ4v) is 2.06. The smallest absolute Gasteiger partial charge is 0.255 e. The molecule has 0 heterocycles. The number of nitrogens with one attached hydrogen (secondary N) is 1. The molecule has 1 amide bonds. The third kappa shape index (κ3) is 3.47. The van der Waals surface area contributed by atoms with E-state index in [4.69, 9.17) is 10.5 Å². The Morgan fingerprint density at radius 3 is 2.56 bits per heavy atom. The van der Waals surface area contributed by atoms with Crippen molar-refractivity contribution in [3.05, 3.63) is 29.8 Å².